The summed E-state index contributed by atoms with van der Waals surface area (Å²) in [5, 5.41) is 0. The fourth-order valence-electron chi connectivity index (χ4n) is 1.74. The highest BCUT2D eigenvalue weighted by Crippen LogP contribution is 2.29. The van der Waals surface area contributed by atoms with Gasteiger partial charge in [-0.1, -0.05) is 18.2 Å². The Morgan fingerprint density at radius 3 is 2.69 bits per heavy atom. The Morgan fingerprint density at radius 2 is 1.81 bits per heavy atom. The van der Waals surface area contributed by atoms with Crippen molar-refractivity contribution in [1.29, 1.82) is 0 Å². The highest BCUT2D eigenvalue weighted by atomic mass is 16.5. The summed E-state index contributed by atoms with van der Waals surface area (Å²) in [6.45, 7) is 0. The van der Waals surface area contributed by atoms with Crippen molar-refractivity contribution in [2.75, 3.05) is 0 Å². The Morgan fingerprint density at radius 1 is 1.00 bits per heavy atom. The Hall–Kier alpha value is -2.16. The molecule has 0 radical (unpaired) electrons. The second-order valence-electron chi connectivity index (χ2n) is 3.62. The van der Waals surface area contributed by atoms with Crippen LogP contribution in [0.4, 0.5) is 0 Å². The Kier molecular flexibility index (Phi) is 2.14. The number of hydrogen-bond acceptors (Lipinski definition) is 3. The van der Waals surface area contributed by atoms with Crippen LogP contribution in [0.15, 0.2) is 49.0 Å². The van der Waals surface area contributed by atoms with Crippen LogP contribution in [0.1, 0.15) is 11.4 Å². The lowest BCUT2D eigenvalue weighted by Crippen LogP contribution is -2.04. The van der Waals surface area contributed by atoms with Gasteiger partial charge in [0, 0.05) is 24.4 Å². The number of ether oxygens (including phenoxy) is 1. The van der Waals surface area contributed by atoms with E-state index in [1.165, 1.54) is 5.56 Å². The van der Waals surface area contributed by atoms with E-state index in [1.807, 2.05) is 24.3 Å². The number of fused-ring (bicyclic) bond motifs is 1. The van der Waals surface area contributed by atoms with E-state index < -0.39 is 0 Å². The molecule has 0 spiro atoms. The molecule has 0 N–H and O–H groups in total. The number of hydrogen-bond donors (Lipinski definition) is 0. The van der Waals surface area contributed by atoms with Gasteiger partial charge >= 0.3 is 0 Å². The summed E-state index contributed by atoms with van der Waals surface area (Å²) in [6, 6.07) is 9.81. The summed E-state index contributed by atoms with van der Waals surface area (Å²) in [7, 11) is 0. The van der Waals surface area contributed by atoms with Gasteiger partial charge in [-0.2, -0.15) is 0 Å². The van der Waals surface area contributed by atoms with Crippen LogP contribution in [-0.4, -0.2) is 9.97 Å². The first kappa shape index (κ1) is 9.09. The van der Waals surface area contributed by atoms with Crippen molar-refractivity contribution in [3.8, 4) is 5.75 Å². The molecule has 3 rings (SSSR count). The second-order valence-corrected chi connectivity index (χ2v) is 3.62. The highest BCUT2D eigenvalue weighted by molar-refractivity contribution is 5.65. The monoisotopic (exact) mass is 210 g/mol. The van der Waals surface area contributed by atoms with Gasteiger partial charge in [-0.15, -0.1) is 0 Å². The van der Waals surface area contributed by atoms with Crippen molar-refractivity contribution in [2.24, 2.45) is 0 Å². The third-order valence-corrected chi connectivity index (χ3v) is 2.53. The molecule has 0 aliphatic carbocycles. The molecule has 78 valence electrons. The molecule has 1 aromatic carbocycles. The molecule has 0 bridgehead atoms. The van der Waals surface area contributed by atoms with E-state index in [-0.39, 0.29) is 0 Å². The molecule has 0 saturated heterocycles. The molecule has 0 fully saturated rings. The van der Waals surface area contributed by atoms with Crippen molar-refractivity contribution in [2.45, 2.75) is 6.42 Å². The molecule has 0 saturated carbocycles. The first-order chi connectivity index (χ1) is 7.93. The second kappa shape index (κ2) is 3.77. The summed E-state index contributed by atoms with van der Waals surface area (Å²) in [4.78, 5) is 8.43. The molecule has 3 nitrogen and oxygen atoms in total. The Bertz CT molecular complexity index is 535. The summed E-state index contributed by atoms with van der Waals surface area (Å²) in [5.74, 6) is 1.65. The molecule has 0 atom stereocenters. The fraction of sp³-hybridized carbons (Fsp3) is 0.0769. The number of nitrogens with zero attached hydrogens (tertiary/aromatic N) is 2. The van der Waals surface area contributed by atoms with Gasteiger partial charge in [-0.3, -0.25) is 0 Å². The lowest BCUT2D eigenvalue weighted by molar-refractivity contribution is 0.468. The van der Waals surface area contributed by atoms with Gasteiger partial charge in [0.05, 0.1) is 6.26 Å². The molecule has 0 amide bonds. The van der Waals surface area contributed by atoms with Crippen LogP contribution >= 0.6 is 0 Å². The number of allylic oxidation sites excluding steroid dienone is 1. The van der Waals surface area contributed by atoms with Crippen molar-refractivity contribution in [3.63, 3.8) is 0 Å². The third kappa shape index (κ3) is 1.56. The molecular formula is C13H10N2O. The number of aromatic nitrogens is 2. The van der Waals surface area contributed by atoms with E-state index in [1.54, 1.807) is 18.7 Å². The third-order valence-electron chi connectivity index (χ3n) is 2.53. The molecule has 1 aliphatic rings. The van der Waals surface area contributed by atoms with Gasteiger partial charge < -0.3 is 4.74 Å². The topological polar surface area (TPSA) is 35.0 Å². The van der Waals surface area contributed by atoms with Gasteiger partial charge in [-0.05, 0) is 17.7 Å². The van der Waals surface area contributed by atoms with Crippen molar-refractivity contribution in [3.05, 3.63) is 60.4 Å². The van der Waals surface area contributed by atoms with Gasteiger partial charge in [0.1, 0.15) is 5.75 Å². The van der Waals surface area contributed by atoms with E-state index in [0.717, 1.165) is 23.6 Å². The van der Waals surface area contributed by atoms with Crippen LogP contribution in [0.25, 0.3) is 5.57 Å². The zero-order chi connectivity index (χ0) is 10.8. The van der Waals surface area contributed by atoms with Crippen molar-refractivity contribution in [1.82, 2.24) is 9.97 Å². The summed E-state index contributed by atoms with van der Waals surface area (Å²) in [5.41, 5.74) is 2.19. The normalized spacial score (nSPS) is 13.6. The number of rotatable bonds is 1. The van der Waals surface area contributed by atoms with Gasteiger partial charge in [0.25, 0.3) is 0 Å². The number of benzene rings is 1. The van der Waals surface area contributed by atoms with E-state index in [2.05, 4.69) is 16.0 Å². The van der Waals surface area contributed by atoms with Gasteiger partial charge in [0.15, 0.2) is 5.82 Å². The minimum absolute atomic E-state index is 0.733. The predicted molar refractivity (Wildman–Crippen MR) is 60.8 cm³/mol. The van der Waals surface area contributed by atoms with Crippen LogP contribution in [0, 0.1) is 0 Å². The fourth-order valence-corrected chi connectivity index (χ4v) is 1.74. The maximum atomic E-state index is 5.55. The SMILES string of the molecule is C1=C(c2ncccn2)Cc2ccccc2O1. The van der Waals surface area contributed by atoms with Crippen LogP contribution < -0.4 is 4.74 Å². The van der Waals surface area contributed by atoms with Crippen LogP contribution in [0.3, 0.4) is 0 Å². The summed E-state index contributed by atoms with van der Waals surface area (Å²) < 4.78 is 5.55. The molecule has 3 heteroatoms. The minimum Gasteiger partial charge on any atom is -0.464 e. The molecule has 2 aromatic rings. The maximum absolute atomic E-state index is 5.55. The van der Waals surface area contributed by atoms with E-state index in [0.29, 0.717) is 0 Å². The zero-order valence-corrected chi connectivity index (χ0v) is 8.63. The Balaban J connectivity index is 1.95. The van der Waals surface area contributed by atoms with Crippen LogP contribution in [-0.2, 0) is 6.42 Å². The first-order valence-corrected chi connectivity index (χ1v) is 5.14. The smallest absolute Gasteiger partial charge is 0.158 e. The molecule has 1 aromatic heterocycles. The maximum Gasteiger partial charge on any atom is 0.158 e. The van der Waals surface area contributed by atoms with Crippen LogP contribution in [0.5, 0.6) is 5.75 Å². The summed E-state index contributed by atoms with van der Waals surface area (Å²) in [6.07, 6.45) is 6.03. The van der Waals surface area contributed by atoms with E-state index in [4.69, 9.17) is 4.74 Å². The highest BCUT2D eigenvalue weighted by Gasteiger charge is 2.14. The first-order valence-electron chi connectivity index (χ1n) is 5.14. The zero-order valence-electron chi connectivity index (χ0n) is 8.63. The lowest BCUT2D eigenvalue weighted by atomic mass is 10.0. The minimum atomic E-state index is 0.733. The molecule has 0 unspecified atom stereocenters. The van der Waals surface area contributed by atoms with Gasteiger partial charge in [-0.25, -0.2) is 9.97 Å². The van der Waals surface area contributed by atoms with Gasteiger partial charge in [0.2, 0.25) is 0 Å². The van der Waals surface area contributed by atoms with E-state index in [9.17, 15) is 0 Å². The molecule has 2 heterocycles. The predicted octanol–water partition coefficient (Wildman–Crippen LogP) is 2.45. The van der Waals surface area contributed by atoms with Crippen molar-refractivity contribution < 1.29 is 4.74 Å². The average molecular weight is 210 g/mol. The molecule has 1 aliphatic heterocycles. The number of para-hydroxylation sites is 1. The summed E-state index contributed by atoms with van der Waals surface area (Å²) >= 11 is 0. The largest absolute Gasteiger partial charge is 0.464 e. The lowest BCUT2D eigenvalue weighted by Gasteiger charge is -2.15. The van der Waals surface area contributed by atoms with Crippen molar-refractivity contribution >= 4 is 5.57 Å². The standard InChI is InChI=1S/C13H10N2O/c1-2-5-12-10(4-1)8-11(9-16-12)13-14-6-3-7-15-13/h1-7,9H,8H2. The molecular weight excluding hydrogens is 200 g/mol. The molecule has 16 heavy (non-hydrogen) atoms. The van der Waals surface area contributed by atoms with E-state index >= 15 is 0 Å². The average Bonchev–Trinajstić information content (AvgIpc) is 2.39. The quantitative estimate of drug-likeness (QED) is 0.725. The Labute approximate surface area is 93.4 Å². The van der Waals surface area contributed by atoms with Crippen LogP contribution in [0.2, 0.25) is 0 Å².